The molecule has 0 aliphatic rings. The monoisotopic (exact) mass is 900 g/mol. The van der Waals surface area contributed by atoms with Crippen LogP contribution in [0.5, 0.6) is 0 Å². The van der Waals surface area contributed by atoms with Gasteiger partial charge >= 0.3 is 0 Å². The van der Waals surface area contributed by atoms with Gasteiger partial charge < -0.3 is 11.5 Å². The van der Waals surface area contributed by atoms with Gasteiger partial charge in [-0.15, -0.1) is 0 Å². The topological polar surface area (TPSA) is 52.0 Å². The van der Waals surface area contributed by atoms with E-state index in [0.717, 1.165) is 36.0 Å². The molecule has 0 radical (unpaired) electrons. The Labute approximate surface area is 384 Å². The first-order valence-corrected chi connectivity index (χ1v) is 27.9. The van der Waals surface area contributed by atoms with Crippen LogP contribution in [0.1, 0.15) is 22.3 Å². The van der Waals surface area contributed by atoms with Gasteiger partial charge in [-0.3, -0.25) is 0 Å². The summed E-state index contributed by atoms with van der Waals surface area (Å²) >= 11 is 0. The van der Waals surface area contributed by atoms with Crippen molar-refractivity contribution in [1.82, 2.24) is 0 Å². The van der Waals surface area contributed by atoms with Crippen molar-refractivity contribution in [3.63, 3.8) is 0 Å². The second-order valence-electron chi connectivity index (χ2n) is 15.8. The number of nitrogens with two attached hydrogens (primary N) is 2. The molecule has 9 rings (SSSR count). The van der Waals surface area contributed by atoms with E-state index in [0.29, 0.717) is 0 Å². The number of benzene rings is 9. The summed E-state index contributed by atoms with van der Waals surface area (Å²) in [6.07, 6.45) is 3.15. The lowest BCUT2D eigenvalue weighted by atomic mass is 9.96. The van der Waals surface area contributed by atoms with Gasteiger partial charge in [0.1, 0.15) is 0 Å². The van der Waals surface area contributed by atoms with Gasteiger partial charge in [0.25, 0.3) is 0 Å². The first-order valence-electron chi connectivity index (χ1n) is 21.8. The summed E-state index contributed by atoms with van der Waals surface area (Å²) in [6, 6.07) is 88.5. The van der Waals surface area contributed by atoms with Crippen LogP contribution in [0.15, 0.2) is 243 Å². The number of rotatable bonds is 16. The minimum absolute atomic E-state index is 0.787. The summed E-state index contributed by atoms with van der Waals surface area (Å²) in [5.74, 6) is 0. The predicted molar refractivity (Wildman–Crippen MR) is 286 cm³/mol. The van der Waals surface area contributed by atoms with E-state index in [1.54, 1.807) is 0 Å². The Balaban J connectivity index is 1.32. The van der Waals surface area contributed by atoms with Crippen LogP contribution in [0.4, 0.5) is 11.4 Å². The maximum Gasteiger partial charge on any atom is 0.0394 e. The fourth-order valence-corrected chi connectivity index (χ4v) is 18.2. The zero-order valence-corrected chi connectivity index (χ0v) is 39.4. The van der Waals surface area contributed by atoms with Crippen LogP contribution in [0.25, 0.3) is 0 Å². The molecule has 64 heavy (non-hydrogen) atoms. The van der Waals surface area contributed by atoms with Gasteiger partial charge in [0.05, 0.1) is 0 Å². The van der Waals surface area contributed by atoms with E-state index in [1.807, 2.05) is 0 Å². The molecule has 0 aliphatic carbocycles. The second-order valence-corrected chi connectivity index (χ2v) is 24.6. The zero-order valence-electron chi connectivity index (χ0n) is 35.9. The molecular formula is C58H52N2P4. The zero-order chi connectivity index (χ0) is 43.5. The van der Waals surface area contributed by atoms with Crippen LogP contribution in [0.3, 0.4) is 0 Å². The Morgan fingerprint density at radius 3 is 0.453 bits per heavy atom. The van der Waals surface area contributed by atoms with Gasteiger partial charge in [-0.25, -0.2) is 0 Å². The molecule has 0 saturated heterocycles. The van der Waals surface area contributed by atoms with E-state index in [1.165, 1.54) is 64.7 Å². The fourth-order valence-electron chi connectivity index (χ4n) is 8.56. The van der Waals surface area contributed by atoms with Gasteiger partial charge in [0.2, 0.25) is 0 Å². The number of nitrogen functional groups attached to an aromatic ring is 2. The maximum atomic E-state index is 8.05. The van der Waals surface area contributed by atoms with Crippen LogP contribution in [0.2, 0.25) is 0 Å². The van der Waals surface area contributed by atoms with E-state index in [4.69, 9.17) is 11.5 Å². The third kappa shape index (κ3) is 10.1. The van der Waals surface area contributed by atoms with Crippen LogP contribution in [-0.2, 0) is 24.6 Å². The van der Waals surface area contributed by atoms with Gasteiger partial charge in [0, 0.05) is 36.0 Å². The molecule has 0 amide bonds. The molecule has 2 nitrogen and oxygen atoms in total. The van der Waals surface area contributed by atoms with Crippen LogP contribution in [0, 0.1) is 0 Å². The molecular weight excluding hydrogens is 849 g/mol. The minimum atomic E-state index is -0.843. The molecule has 0 unspecified atom stereocenters. The van der Waals surface area contributed by atoms with E-state index < -0.39 is 31.7 Å². The molecule has 0 spiro atoms. The van der Waals surface area contributed by atoms with Crippen molar-refractivity contribution in [2.24, 2.45) is 0 Å². The Hall–Kier alpha value is -5.70. The van der Waals surface area contributed by atoms with Crippen molar-refractivity contribution in [1.29, 1.82) is 0 Å². The minimum Gasteiger partial charge on any atom is -0.398 e. The highest BCUT2D eigenvalue weighted by Gasteiger charge is 2.30. The predicted octanol–water partition coefficient (Wildman–Crippen LogP) is 11.4. The Kier molecular flexibility index (Phi) is 14.5. The average Bonchev–Trinajstić information content (AvgIpc) is 3.37. The Morgan fingerprint density at radius 1 is 0.203 bits per heavy atom. The van der Waals surface area contributed by atoms with Gasteiger partial charge in [0.15, 0.2) is 0 Å². The molecule has 6 heteroatoms. The number of hydrogen-bond acceptors (Lipinski definition) is 2. The van der Waals surface area contributed by atoms with E-state index >= 15 is 0 Å². The molecule has 9 aromatic carbocycles. The van der Waals surface area contributed by atoms with Gasteiger partial charge in [-0.1, -0.05) is 243 Å². The summed E-state index contributed by atoms with van der Waals surface area (Å²) in [7, 11) is -3.37. The third-order valence-corrected chi connectivity index (χ3v) is 21.7. The maximum absolute atomic E-state index is 8.05. The number of anilines is 2. The molecule has 0 fully saturated rings. The average molecular weight is 901 g/mol. The highest BCUT2D eigenvalue weighted by molar-refractivity contribution is 7.73. The first kappa shape index (κ1) is 43.5. The lowest BCUT2D eigenvalue weighted by Gasteiger charge is -2.31. The second kappa shape index (κ2) is 21.3. The highest BCUT2D eigenvalue weighted by Crippen LogP contribution is 2.53. The lowest BCUT2D eigenvalue weighted by Crippen LogP contribution is -2.21. The van der Waals surface area contributed by atoms with Crippen molar-refractivity contribution in [2.45, 2.75) is 24.6 Å². The van der Waals surface area contributed by atoms with Crippen molar-refractivity contribution in [3.8, 4) is 0 Å². The van der Waals surface area contributed by atoms with Gasteiger partial charge in [-0.05, 0) is 96.4 Å². The van der Waals surface area contributed by atoms with Crippen molar-refractivity contribution in [2.75, 3.05) is 11.5 Å². The van der Waals surface area contributed by atoms with Crippen LogP contribution < -0.4 is 53.9 Å². The Morgan fingerprint density at radius 2 is 0.328 bits per heavy atom. The van der Waals surface area contributed by atoms with E-state index in [9.17, 15) is 0 Å². The molecule has 0 saturated carbocycles. The molecule has 0 heterocycles. The van der Waals surface area contributed by atoms with Crippen molar-refractivity contribution in [3.05, 3.63) is 265 Å². The summed E-state index contributed by atoms with van der Waals surface area (Å²) < 4.78 is 0. The largest absolute Gasteiger partial charge is 0.398 e. The standard InChI is InChI=1S/C58H52N2P4/c59-57-53(41-61(45-25-9-1-10-26-45)46-27-11-2-12-28-46)54(42-62(47-29-13-3-14-30-47)48-31-15-4-16-32-48)58(60)56(44-64(51-37-21-7-22-38-51)52-39-23-8-24-40-52)55(57)43-63(49-33-17-5-18-34-49)50-35-19-6-20-36-50/h1-40H,41-44,59-60H2. The summed E-state index contributed by atoms with van der Waals surface area (Å²) in [5, 5.41) is 10.7. The first-order chi connectivity index (χ1) is 31.6. The van der Waals surface area contributed by atoms with E-state index in [2.05, 4.69) is 243 Å². The normalized spacial score (nSPS) is 11.4. The summed E-state index contributed by atoms with van der Waals surface area (Å²) in [6.45, 7) is 0. The smallest absolute Gasteiger partial charge is 0.0394 e. The highest BCUT2D eigenvalue weighted by atomic mass is 31.1. The molecule has 0 atom stereocenters. The molecule has 9 aromatic rings. The van der Waals surface area contributed by atoms with Crippen LogP contribution >= 0.6 is 31.7 Å². The van der Waals surface area contributed by atoms with Crippen molar-refractivity contribution < 1.29 is 0 Å². The van der Waals surface area contributed by atoms with Crippen molar-refractivity contribution >= 4 is 85.5 Å². The SMILES string of the molecule is Nc1c(CP(c2ccccc2)c2ccccc2)c(CP(c2ccccc2)c2ccccc2)c(N)c(CP(c2ccccc2)c2ccccc2)c1CP(c1ccccc1)c1ccccc1. The number of hydrogen-bond donors (Lipinski definition) is 2. The van der Waals surface area contributed by atoms with Crippen LogP contribution in [-0.4, -0.2) is 0 Å². The molecule has 0 aliphatic heterocycles. The van der Waals surface area contributed by atoms with E-state index in [-0.39, 0.29) is 0 Å². The fraction of sp³-hybridized carbons (Fsp3) is 0.0690. The summed E-state index contributed by atoms with van der Waals surface area (Å²) in [4.78, 5) is 0. The quantitative estimate of drug-likeness (QED) is 0.0750. The molecule has 0 aromatic heterocycles. The lowest BCUT2D eigenvalue weighted by molar-refractivity contribution is 1.19. The molecule has 314 valence electrons. The Bertz CT molecular complexity index is 2280. The molecule has 4 N–H and O–H groups in total. The molecule has 0 bridgehead atoms. The van der Waals surface area contributed by atoms with Gasteiger partial charge in [-0.2, -0.15) is 0 Å². The summed E-state index contributed by atoms with van der Waals surface area (Å²) in [5.41, 5.74) is 22.7. The third-order valence-electron chi connectivity index (χ3n) is 11.8.